The van der Waals surface area contributed by atoms with Crippen LogP contribution in [0.4, 0.5) is 0 Å². The molecule has 0 bridgehead atoms. The summed E-state index contributed by atoms with van der Waals surface area (Å²) in [6.07, 6.45) is 0. The van der Waals surface area contributed by atoms with Crippen LogP contribution in [0.2, 0.25) is 0 Å². The van der Waals surface area contributed by atoms with Crippen LogP contribution in [0.5, 0.6) is 0 Å². The van der Waals surface area contributed by atoms with Crippen LogP contribution in [0.1, 0.15) is 0 Å². The molecule has 3 heterocycles. The summed E-state index contributed by atoms with van der Waals surface area (Å²) in [7, 11) is 0. The molecule has 0 atom stereocenters. The fourth-order valence-corrected chi connectivity index (χ4v) is 8.86. The second-order valence-electron chi connectivity index (χ2n) is 15.6. The first-order valence-corrected chi connectivity index (χ1v) is 20.8. The van der Waals surface area contributed by atoms with Crippen molar-refractivity contribution in [2.45, 2.75) is 0 Å². The molecule has 0 aliphatic carbocycles. The van der Waals surface area contributed by atoms with Crippen molar-refractivity contribution in [3.05, 3.63) is 218 Å². The number of furan rings is 1. The highest BCUT2D eigenvalue weighted by molar-refractivity contribution is 6.18. The predicted octanol–water partition coefficient (Wildman–Crippen LogP) is 14.9. The SMILES string of the molecule is c1ccc(-c2ccc(-c3nc(-c4ccc(-c5ccccc5)cc4)nc(-c4ccccc4-n4c5ccccc5c5cc6c(cc54)oc4c(-c5ccccc5)cccc46)n3)cc2)cc1. The third-order valence-electron chi connectivity index (χ3n) is 11.9. The van der Waals surface area contributed by atoms with E-state index >= 15 is 0 Å². The Morgan fingerprint density at radius 2 is 0.790 bits per heavy atom. The summed E-state index contributed by atoms with van der Waals surface area (Å²) in [6, 6.07) is 76.1. The number of rotatable bonds is 7. The van der Waals surface area contributed by atoms with Crippen molar-refractivity contribution in [3.8, 4) is 73.2 Å². The van der Waals surface area contributed by atoms with Gasteiger partial charge in [-0.25, -0.2) is 15.0 Å². The Bertz CT molecular complexity index is 3490. The Kier molecular flexibility index (Phi) is 8.42. The van der Waals surface area contributed by atoms with Crippen LogP contribution >= 0.6 is 0 Å². The molecule has 290 valence electrons. The van der Waals surface area contributed by atoms with Crippen molar-refractivity contribution < 1.29 is 4.42 Å². The number of hydrogen-bond acceptors (Lipinski definition) is 4. The highest BCUT2D eigenvalue weighted by atomic mass is 16.3. The van der Waals surface area contributed by atoms with Gasteiger partial charge in [-0.05, 0) is 52.1 Å². The molecule has 0 unspecified atom stereocenters. The van der Waals surface area contributed by atoms with E-state index in [2.05, 4.69) is 205 Å². The first-order valence-electron chi connectivity index (χ1n) is 20.8. The molecule has 0 spiro atoms. The molecule has 0 radical (unpaired) electrons. The molecule has 12 aromatic rings. The Morgan fingerprint density at radius 1 is 0.306 bits per heavy atom. The lowest BCUT2D eigenvalue weighted by Crippen LogP contribution is -2.03. The number of nitrogens with zero attached hydrogens (tertiary/aromatic N) is 4. The Labute approximate surface area is 357 Å². The first kappa shape index (κ1) is 35.5. The van der Waals surface area contributed by atoms with E-state index in [0.717, 1.165) is 99.5 Å². The molecule has 0 saturated heterocycles. The van der Waals surface area contributed by atoms with Gasteiger partial charge in [-0.1, -0.05) is 188 Å². The van der Waals surface area contributed by atoms with Crippen molar-refractivity contribution >= 4 is 43.7 Å². The minimum absolute atomic E-state index is 0.586. The quantitative estimate of drug-likeness (QED) is 0.161. The summed E-state index contributed by atoms with van der Waals surface area (Å²) < 4.78 is 9.13. The Balaban J connectivity index is 1.05. The average Bonchev–Trinajstić information content (AvgIpc) is 3.88. The molecule has 5 heteroatoms. The average molecular weight is 793 g/mol. The van der Waals surface area contributed by atoms with E-state index in [-0.39, 0.29) is 0 Å². The number of para-hydroxylation sites is 3. The van der Waals surface area contributed by atoms with Crippen molar-refractivity contribution in [1.29, 1.82) is 0 Å². The summed E-state index contributed by atoms with van der Waals surface area (Å²) in [5.41, 5.74) is 14.3. The standard InChI is InChI=1S/C57H36N4O/c1-4-15-37(16-5-1)39-27-31-42(32-28-39)55-58-56(43-33-29-40(30-34-43)38-17-6-2-7-18-38)60-57(59-55)47-22-11-13-26-51(47)61-50-25-12-10-21-45(50)48-35-49-46-24-14-23-44(41-19-8-3-9-20-41)54(46)62-53(49)36-52(48)61/h1-36H. The Morgan fingerprint density at radius 3 is 1.44 bits per heavy atom. The highest BCUT2D eigenvalue weighted by Crippen LogP contribution is 2.42. The van der Waals surface area contributed by atoms with Crippen molar-refractivity contribution in [3.63, 3.8) is 0 Å². The fraction of sp³-hybridized carbons (Fsp3) is 0. The van der Waals surface area contributed by atoms with Crippen LogP contribution in [0, 0.1) is 0 Å². The van der Waals surface area contributed by atoms with Crippen LogP contribution in [-0.2, 0) is 0 Å². The summed E-state index contributed by atoms with van der Waals surface area (Å²) in [4.78, 5) is 15.7. The monoisotopic (exact) mass is 792 g/mol. The van der Waals surface area contributed by atoms with Crippen LogP contribution in [-0.4, -0.2) is 19.5 Å². The molecule has 0 amide bonds. The fourth-order valence-electron chi connectivity index (χ4n) is 8.86. The highest BCUT2D eigenvalue weighted by Gasteiger charge is 2.21. The second kappa shape index (κ2) is 14.7. The third-order valence-corrected chi connectivity index (χ3v) is 11.9. The molecule has 0 aliphatic rings. The van der Waals surface area contributed by atoms with Gasteiger partial charge in [-0.2, -0.15) is 0 Å². The summed E-state index contributed by atoms with van der Waals surface area (Å²) in [5, 5.41) is 4.48. The van der Waals surface area contributed by atoms with Crippen LogP contribution < -0.4 is 0 Å². The summed E-state index contributed by atoms with van der Waals surface area (Å²) in [6.45, 7) is 0. The molecule has 5 nitrogen and oxygen atoms in total. The number of hydrogen-bond donors (Lipinski definition) is 0. The van der Waals surface area contributed by atoms with Crippen LogP contribution in [0.15, 0.2) is 223 Å². The zero-order valence-corrected chi connectivity index (χ0v) is 33.5. The molecular formula is C57H36N4O. The second-order valence-corrected chi connectivity index (χ2v) is 15.6. The zero-order valence-electron chi connectivity index (χ0n) is 33.5. The molecule has 12 rings (SSSR count). The molecule has 0 fully saturated rings. The maximum atomic E-state index is 6.80. The van der Waals surface area contributed by atoms with Gasteiger partial charge in [0.2, 0.25) is 0 Å². The molecule has 3 aromatic heterocycles. The minimum atomic E-state index is 0.586. The first-order chi connectivity index (χ1) is 30.7. The molecule has 0 aliphatic heterocycles. The van der Waals surface area contributed by atoms with Gasteiger partial charge in [0, 0.05) is 49.9 Å². The van der Waals surface area contributed by atoms with Crippen LogP contribution in [0.25, 0.3) is 117 Å². The van der Waals surface area contributed by atoms with Crippen LogP contribution in [0.3, 0.4) is 0 Å². The molecular weight excluding hydrogens is 757 g/mol. The lowest BCUT2D eigenvalue weighted by Gasteiger charge is -2.15. The molecule has 9 aromatic carbocycles. The van der Waals surface area contributed by atoms with Gasteiger partial charge in [0.15, 0.2) is 17.5 Å². The summed E-state index contributed by atoms with van der Waals surface area (Å²) in [5.74, 6) is 1.79. The summed E-state index contributed by atoms with van der Waals surface area (Å²) >= 11 is 0. The van der Waals surface area contributed by atoms with Gasteiger partial charge in [-0.15, -0.1) is 0 Å². The molecule has 62 heavy (non-hydrogen) atoms. The normalized spacial score (nSPS) is 11.5. The van der Waals surface area contributed by atoms with Crippen molar-refractivity contribution in [2.75, 3.05) is 0 Å². The van der Waals surface area contributed by atoms with E-state index in [1.165, 1.54) is 0 Å². The molecule has 0 saturated carbocycles. The van der Waals surface area contributed by atoms with E-state index < -0.39 is 0 Å². The lowest BCUT2D eigenvalue weighted by molar-refractivity contribution is 0.670. The van der Waals surface area contributed by atoms with Crippen molar-refractivity contribution in [2.24, 2.45) is 0 Å². The van der Waals surface area contributed by atoms with E-state index in [9.17, 15) is 0 Å². The van der Waals surface area contributed by atoms with E-state index in [1.807, 2.05) is 18.2 Å². The van der Waals surface area contributed by atoms with Gasteiger partial charge in [0.05, 0.1) is 16.7 Å². The maximum Gasteiger partial charge on any atom is 0.166 e. The number of fused-ring (bicyclic) bond motifs is 6. The minimum Gasteiger partial charge on any atom is -0.455 e. The topological polar surface area (TPSA) is 56.7 Å². The van der Waals surface area contributed by atoms with E-state index in [0.29, 0.717) is 17.5 Å². The van der Waals surface area contributed by atoms with Gasteiger partial charge in [-0.3, -0.25) is 0 Å². The Hall–Kier alpha value is -8.41. The van der Waals surface area contributed by atoms with Gasteiger partial charge < -0.3 is 8.98 Å². The lowest BCUT2D eigenvalue weighted by atomic mass is 10.0. The smallest absolute Gasteiger partial charge is 0.166 e. The zero-order chi connectivity index (χ0) is 41.0. The van der Waals surface area contributed by atoms with Gasteiger partial charge in [0.1, 0.15) is 11.2 Å². The van der Waals surface area contributed by atoms with Crippen molar-refractivity contribution in [1.82, 2.24) is 19.5 Å². The maximum absolute atomic E-state index is 6.80. The third kappa shape index (κ3) is 6.06. The van der Waals surface area contributed by atoms with Gasteiger partial charge >= 0.3 is 0 Å². The van der Waals surface area contributed by atoms with Gasteiger partial charge in [0.25, 0.3) is 0 Å². The number of aromatic nitrogens is 4. The predicted molar refractivity (Wildman–Crippen MR) is 254 cm³/mol. The van der Waals surface area contributed by atoms with E-state index in [4.69, 9.17) is 19.4 Å². The van der Waals surface area contributed by atoms with E-state index in [1.54, 1.807) is 0 Å². The number of benzene rings is 9. The molecule has 0 N–H and O–H groups in total. The largest absolute Gasteiger partial charge is 0.455 e.